The van der Waals surface area contributed by atoms with Gasteiger partial charge in [-0.25, -0.2) is 31.3 Å². The van der Waals surface area contributed by atoms with Crippen LogP contribution in [0.4, 0.5) is 13.2 Å². The Bertz CT molecular complexity index is 863. The highest BCUT2D eigenvalue weighted by Gasteiger charge is 2.25. The summed E-state index contributed by atoms with van der Waals surface area (Å²) in [5, 5.41) is 0. The lowest BCUT2D eigenvalue weighted by molar-refractivity contribution is 0.114. The van der Waals surface area contributed by atoms with E-state index < -0.39 is 32.4 Å². The van der Waals surface area contributed by atoms with E-state index >= 15 is 0 Å². The van der Waals surface area contributed by atoms with E-state index in [0.717, 1.165) is 19.3 Å². The van der Waals surface area contributed by atoms with Gasteiger partial charge in [0.1, 0.15) is 23.6 Å². The van der Waals surface area contributed by atoms with Gasteiger partial charge in [0.25, 0.3) is 0 Å². The summed E-state index contributed by atoms with van der Waals surface area (Å²) < 4.78 is 72.2. The Morgan fingerprint density at radius 2 is 1.84 bits per heavy atom. The van der Waals surface area contributed by atoms with Gasteiger partial charge in [0.05, 0.1) is 0 Å². The highest BCUT2D eigenvalue weighted by molar-refractivity contribution is 7.89. The second-order valence-corrected chi connectivity index (χ2v) is 7.40. The van der Waals surface area contributed by atoms with Crippen LogP contribution in [0.1, 0.15) is 24.8 Å². The fourth-order valence-corrected chi connectivity index (χ4v) is 3.45. The quantitative estimate of drug-likeness (QED) is 0.847. The topological polar surface area (TPSA) is 68.3 Å². The molecule has 134 valence electrons. The minimum atomic E-state index is -4.49. The fourth-order valence-electron chi connectivity index (χ4n) is 2.32. The highest BCUT2D eigenvalue weighted by atomic mass is 32.2. The van der Waals surface area contributed by atoms with Crippen molar-refractivity contribution in [2.75, 3.05) is 0 Å². The van der Waals surface area contributed by atoms with Crippen LogP contribution in [0.15, 0.2) is 35.4 Å². The van der Waals surface area contributed by atoms with Crippen LogP contribution in [0.3, 0.4) is 0 Å². The van der Waals surface area contributed by atoms with E-state index in [-0.39, 0.29) is 12.6 Å². The standard InChI is InChI=1S/C16H15F3N2O3S/c17-11-7-13(18)16(14(19)8-11)25(22,23)21-9-10-4-5-20-15(6-10)24-12-2-1-3-12/h4-8,12,21H,1-3,9H2. The average Bonchev–Trinajstić information content (AvgIpc) is 2.48. The van der Waals surface area contributed by atoms with Crippen molar-refractivity contribution in [3.8, 4) is 5.88 Å². The van der Waals surface area contributed by atoms with Crippen molar-refractivity contribution < 1.29 is 26.3 Å². The highest BCUT2D eigenvalue weighted by Crippen LogP contribution is 2.24. The summed E-state index contributed by atoms with van der Waals surface area (Å²) in [6, 6.07) is 3.73. The molecule has 0 amide bonds. The van der Waals surface area contributed by atoms with Gasteiger partial charge in [-0.1, -0.05) is 0 Å². The molecule has 9 heteroatoms. The number of ether oxygens (including phenoxy) is 1. The minimum Gasteiger partial charge on any atom is -0.474 e. The largest absolute Gasteiger partial charge is 0.474 e. The zero-order chi connectivity index (χ0) is 18.0. The molecule has 1 aliphatic rings. The molecule has 0 spiro atoms. The number of benzene rings is 1. The van der Waals surface area contributed by atoms with E-state index in [1.54, 1.807) is 12.1 Å². The Balaban J connectivity index is 1.73. The van der Waals surface area contributed by atoms with Gasteiger partial charge in [-0.15, -0.1) is 0 Å². The smallest absolute Gasteiger partial charge is 0.246 e. The molecule has 0 unspecified atom stereocenters. The molecule has 1 N–H and O–H groups in total. The zero-order valence-electron chi connectivity index (χ0n) is 13.0. The number of rotatable bonds is 6. The van der Waals surface area contributed by atoms with Crippen molar-refractivity contribution >= 4 is 10.0 Å². The molecule has 2 aromatic rings. The van der Waals surface area contributed by atoms with Gasteiger partial charge in [0, 0.05) is 30.9 Å². The molecule has 0 aliphatic heterocycles. The average molecular weight is 372 g/mol. The Kier molecular flexibility index (Phi) is 4.96. The summed E-state index contributed by atoms with van der Waals surface area (Å²) in [6.45, 7) is -0.220. The monoisotopic (exact) mass is 372 g/mol. The molecule has 25 heavy (non-hydrogen) atoms. The number of nitrogens with one attached hydrogen (secondary N) is 1. The minimum absolute atomic E-state index is 0.113. The maximum atomic E-state index is 13.7. The van der Waals surface area contributed by atoms with Gasteiger partial charge in [0.2, 0.25) is 15.9 Å². The third kappa shape index (κ3) is 4.10. The van der Waals surface area contributed by atoms with Crippen molar-refractivity contribution in [3.63, 3.8) is 0 Å². The number of halogens is 3. The lowest BCUT2D eigenvalue weighted by atomic mass is 9.96. The summed E-state index contributed by atoms with van der Waals surface area (Å²) in [5.74, 6) is -3.82. The number of hydrogen-bond acceptors (Lipinski definition) is 4. The molecule has 1 heterocycles. The molecule has 0 saturated heterocycles. The molecule has 1 aromatic heterocycles. The summed E-state index contributed by atoms with van der Waals surface area (Å²) in [7, 11) is -4.49. The number of nitrogens with zero attached hydrogens (tertiary/aromatic N) is 1. The first kappa shape index (κ1) is 17.7. The first-order chi connectivity index (χ1) is 11.8. The third-order valence-corrected chi connectivity index (χ3v) is 5.29. The number of aromatic nitrogens is 1. The van der Waals surface area contributed by atoms with E-state index in [0.29, 0.717) is 23.6 Å². The van der Waals surface area contributed by atoms with Crippen LogP contribution in [-0.2, 0) is 16.6 Å². The molecule has 0 atom stereocenters. The first-order valence-electron chi connectivity index (χ1n) is 7.61. The van der Waals surface area contributed by atoms with E-state index in [1.807, 2.05) is 0 Å². The van der Waals surface area contributed by atoms with Crippen LogP contribution in [0, 0.1) is 17.5 Å². The molecule has 1 aliphatic carbocycles. The van der Waals surface area contributed by atoms with E-state index in [4.69, 9.17) is 4.74 Å². The van der Waals surface area contributed by atoms with Crippen LogP contribution in [0.25, 0.3) is 0 Å². The van der Waals surface area contributed by atoms with E-state index in [2.05, 4.69) is 9.71 Å². The van der Waals surface area contributed by atoms with Gasteiger partial charge in [0.15, 0.2) is 4.90 Å². The number of pyridine rings is 1. The van der Waals surface area contributed by atoms with Crippen LogP contribution >= 0.6 is 0 Å². The predicted molar refractivity (Wildman–Crippen MR) is 82.8 cm³/mol. The van der Waals surface area contributed by atoms with Crippen LogP contribution in [0.5, 0.6) is 5.88 Å². The molecular weight excluding hydrogens is 357 g/mol. The van der Waals surface area contributed by atoms with Gasteiger partial charge >= 0.3 is 0 Å². The van der Waals surface area contributed by atoms with Crippen LogP contribution in [-0.4, -0.2) is 19.5 Å². The second-order valence-electron chi connectivity index (χ2n) is 5.70. The first-order valence-corrected chi connectivity index (χ1v) is 9.09. The molecule has 3 rings (SSSR count). The normalized spacial score (nSPS) is 15.0. The Morgan fingerprint density at radius 3 is 2.44 bits per heavy atom. The second kappa shape index (κ2) is 7.01. The molecule has 5 nitrogen and oxygen atoms in total. The molecule has 0 bridgehead atoms. The fraction of sp³-hybridized carbons (Fsp3) is 0.312. The summed E-state index contributed by atoms with van der Waals surface area (Å²) >= 11 is 0. The van der Waals surface area contributed by atoms with Crippen molar-refractivity contribution in [1.29, 1.82) is 0 Å². The SMILES string of the molecule is O=S(=O)(NCc1ccnc(OC2CCC2)c1)c1c(F)cc(F)cc1F. The molecule has 1 fully saturated rings. The van der Waals surface area contributed by atoms with E-state index in [1.165, 1.54) is 6.20 Å². The molecule has 1 saturated carbocycles. The number of sulfonamides is 1. The van der Waals surface area contributed by atoms with Gasteiger partial charge in [-0.05, 0) is 30.9 Å². The maximum Gasteiger partial charge on any atom is 0.246 e. The van der Waals surface area contributed by atoms with Gasteiger partial charge in [-0.2, -0.15) is 0 Å². The molecule has 0 radical (unpaired) electrons. The van der Waals surface area contributed by atoms with Gasteiger partial charge < -0.3 is 4.74 Å². The van der Waals surface area contributed by atoms with Crippen molar-refractivity contribution in [1.82, 2.24) is 9.71 Å². The predicted octanol–water partition coefficient (Wildman–Crippen LogP) is 2.91. The van der Waals surface area contributed by atoms with Crippen LogP contribution in [0.2, 0.25) is 0 Å². The van der Waals surface area contributed by atoms with Crippen molar-refractivity contribution in [3.05, 3.63) is 53.5 Å². The number of hydrogen-bond donors (Lipinski definition) is 1. The lowest BCUT2D eigenvalue weighted by Gasteiger charge is -2.25. The van der Waals surface area contributed by atoms with Crippen LogP contribution < -0.4 is 9.46 Å². The third-order valence-electron chi connectivity index (χ3n) is 3.84. The Morgan fingerprint density at radius 1 is 1.16 bits per heavy atom. The lowest BCUT2D eigenvalue weighted by Crippen LogP contribution is -2.26. The molecular formula is C16H15F3N2O3S. The molecule has 1 aromatic carbocycles. The Hall–Kier alpha value is -2.13. The van der Waals surface area contributed by atoms with E-state index in [9.17, 15) is 21.6 Å². The summed E-state index contributed by atoms with van der Waals surface area (Å²) in [4.78, 5) is 2.83. The summed E-state index contributed by atoms with van der Waals surface area (Å²) in [5.41, 5.74) is 0.510. The Labute approximate surface area is 142 Å². The summed E-state index contributed by atoms with van der Waals surface area (Å²) in [6.07, 6.45) is 4.56. The zero-order valence-corrected chi connectivity index (χ0v) is 13.8. The van der Waals surface area contributed by atoms with Crippen molar-refractivity contribution in [2.24, 2.45) is 0 Å². The van der Waals surface area contributed by atoms with Crippen molar-refractivity contribution in [2.45, 2.75) is 36.8 Å². The van der Waals surface area contributed by atoms with Gasteiger partial charge in [-0.3, -0.25) is 0 Å². The maximum absolute atomic E-state index is 13.7.